The zero-order valence-electron chi connectivity index (χ0n) is 10.8. The summed E-state index contributed by atoms with van der Waals surface area (Å²) in [6.07, 6.45) is 0. The zero-order chi connectivity index (χ0) is 14.9. The predicted molar refractivity (Wildman–Crippen MR) is 75.1 cm³/mol. The molecular weight excluding hydrogens is 280 g/mol. The van der Waals surface area contributed by atoms with Crippen molar-refractivity contribution in [3.8, 4) is 0 Å². The van der Waals surface area contributed by atoms with Gasteiger partial charge in [0.2, 0.25) is 0 Å². The van der Waals surface area contributed by atoms with Crippen molar-refractivity contribution < 1.29 is 4.79 Å². The Morgan fingerprint density at radius 1 is 1.40 bits per heavy atom. The zero-order valence-corrected chi connectivity index (χ0v) is 11.7. The van der Waals surface area contributed by atoms with E-state index < -0.39 is 11.1 Å². The van der Waals surface area contributed by atoms with Gasteiger partial charge in [0.15, 0.2) is 10.9 Å². The van der Waals surface area contributed by atoms with Crippen molar-refractivity contribution in [2.45, 2.75) is 17.0 Å². The average Bonchev–Trinajstić information content (AvgIpc) is 2.37. The number of nitrogens with one attached hydrogen (secondary N) is 1. The van der Waals surface area contributed by atoms with Crippen molar-refractivity contribution in [3.63, 3.8) is 0 Å². The molecule has 0 saturated carbocycles. The number of hydrogen-bond acceptors (Lipinski definition) is 6. The summed E-state index contributed by atoms with van der Waals surface area (Å²) >= 11 is 1.15. The number of aryl methyl sites for hydroxylation is 1. The van der Waals surface area contributed by atoms with Crippen LogP contribution in [0, 0.1) is 0 Å². The molecule has 2 rings (SSSR count). The summed E-state index contributed by atoms with van der Waals surface area (Å²) in [6, 6.07) is 4.95. The van der Waals surface area contributed by atoms with E-state index in [1.54, 1.807) is 25.2 Å². The lowest BCUT2D eigenvalue weighted by molar-refractivity contribution is 0.101. The Kier molecular flexibility index (Phi) is 3.75. The van der Waals surface area contributed by atoms with E-state index in [4.69, 9.17) is 5.73 Å². The molecule has 1 heterocycles. The largest absolute Gasteiger partial charge is 0.398 e. The molecule has 0 amide bonds. The number of anilines is 1. The minimum Gasteiger partial charge on any atom is -0.398 e. The first-order valence-electron chi connectivity index (χ1n) is 5.64. The van der Waals surface area contributed by atoms with Crippen molar-refractivity contribution in [2.24, 2.45) is 7.05 Å². The molecule has 0 aliphatic rings. The monoisotopic (exact) mass is 292 g/mol. The van der Waals surface area contributed by atoms with Crippen LogP contribution in [0.3, 0.4) is 0 Å². The van der Waals surface area contributed by atoms with Crippen LogP contribution in [0.4, 0.5) is 5.69 Å². The topological polar surface area (TPSA) is 111 Å². The first-order chi connectivity index (χ1) is 9.38. The van der Waals surface area contributed by atoms with Gasteiger partial charge in [-0.05, 0) is 25.1 Å². The van der Waals surface area contributed by atoms with Crippen molar-refractivity contribution in [3.05, 3.63) is 44.5 Å². The van der Waals surface area contributed by atoms with E-state index in [9.17, 15) is 14.4 Å². The number of aromatic nitrogens is 3. The lowest BCUT2D eigenvalue weighted by atomic mass is 10.1. The van der Waals surface area contributed by atoms with Crippen molar-refractivity contribution >= 4 is 23.2 Å². The number of hydrogen-bond donors (Lipinski definition) is 2. The molecule has 0 saturated heterocycles. The van der Waals surface area contributed by atoms with Crippen molar-refractivity contribution in [1.29, 1.82) is 0 Å². The van der Waals surface area contributed by atoms with Gasteiger partial charge in [-0.25, -0.2) is 0 Å². The maximum absolute atomic E-state index is 11.4. The van der Waals surface area contributed by atoms with E-state index in [0.717, 1.165) is 11.8 Å². The second kappa shape index (κ2) is 5.33. The third kappa shape index (κ3) is 2.80. The summed E-state index contributed by atoms with van der Waals surface area (Å²) in [6.45, 7) is 1.42. The molecule has 20 heavy (non-hydrogen) atoms. The molecule has 2 aromatic rings. The number of rotatable bonds is 3. The summed E-state index contributed by atoms with van der Waals surface area (Å²) in [5.74, 6) is -0.145. The van der Waals surface area contributed by atoms with E-state index in [1.807, 2.05) is 0 Å². The second-order valence-corrected chi connectivity index (χ2v) is 5.15. The van der Waals surface area contributed by atoms with Crippen LogP contribution in [-0.4, -0.2) is 20.5 Å². The minimum atomic E-state index is -0.854. The Balaban J connectivity index is 2.43. The van der Waals surface area contributed by atoms with Crippen LogP contribution >= 0.6 is 11.8 Å². The highest BCUT2D eigenvalue weighted by molar-refractivity contribution is 7.99. The summed E-state index contributed by atoms with van der Waals surface area (Å²) < 4.78 is 1.35. The van der Waals surface area contributed by atoms with E-state index in [2.05, 4.69) is 10.1 Å². The van der Waals surface area contributed by atoms with Crippen LogP contribution in [0.2, 0.25) is 0 Å². The number of ketones is 1. The fourth-order valence-corrected chi connectivity index (χ4v) is 2.40. The smallest absolute Gasteiger partial charge is 0.339 e. The molecule has 0 bridgehead atoms. The van der Waals surface area contributed by atoms with Crippen LogP contribution in [0.15, 0.2) is 37.8 Å². The Labute approximate surface area is 117 Å². The molecule has 0 unspecified atom stereocenters. The van der Waals surface area contributed by atoms with Crippen molar-refractivity contribution in [2.75, 3.05) is 5.73 Å². The van der Waals surface area contributed by atoms with Gasteiger partial charge in [-0.1, -0.05) is 11.8 Å². The fraction of sp³-hybridized carbons (Fsp3) is 0.167. The number of aromatic amines is 1. The van der Waals surface area contributed by atoms with Gasteiger partial charge in [-0.15, -0.1) is 0 Å². The first-order valence-corrected chi connectivity index (χ1v) is 6.46. The predicted octanol–water partition coefficient (Wildman–Crippen LogP) is 0.405. The molecule has 7 nitrogen and oxygen atoms in total. The molecule has 0 aliphatic heterocycles. The lowest BCUT2D eigenvalue weighted by Crippen LogP contribution is -2.33. The number of carbonyl (C=O) groups excluding carboxylic acids is 1. The van der Waals surface area contributed by atoms with Crippen LogP contribution in [-0.2, 0) is 7.05 Å². The van der Waals surface area contributed by atoms with Gasteiger partial charge in [0.05, 0.1) is 0 Å². The molecule has 0 atom stereocenters. The normalized spacial score (nSPS) is 10.5. The van der Waals surface area contributed by atoms with Gasteiger partial charge in [0.25, 0.3) is 0 Å². The van der Waals surface area contributed by atoms with Crippen LogP contribution in [0.5, 0.6) is 0 Å². The van der Waals surface area contributed by atoms with Gasteiger partial charge in [0.1, 0.15) is 0 Å². The maximum Gasteiger partial charge on any atom is 0.339 e. The molecule has 0 radical (unpaired) electrons. The highest BCUT2D eigenvalue weighted by atomic mass is 32.2. The molecule has 0 spiro atoms. The molecule has 1 aromatic carbocycles. The summed E-state index contributed by atoms with van der Waals surface area (Å²) in [4.78, 5) is 38.2. The van der Waals surface area contributed by atoms with E-state index in [-0.39, 0.29) is 5.78 Å². The fourth-order valence-electron chi connectivity index (χ4n) is 1.56. The first kappa shape index (κ1) is 14.1. The molecule has 8 heteroatoms. The molecule has 1 aromatic heterocycles. The number of benzene rings is 1. The number of nitrogens with zero attached hydrogens (tertiary/aromatic N) is 2. The minimum absolute atomic E-state index is 0.145. The number of nitrogens with two attached hydrogens (primary N) is 1. The van der Waals surface area contributed by atoms with Crippen molar-refractivity contribution in [1.82, 2.24) is 14.8 Å². The van der Waals surface area contributed by atoms with Gasteiger partial charge in [-0.3, -0.25) is 24.2 Å². The van der Waals surface area contributed by atoms with Gasteiger partial charge >= 0.3 is 11.1 Å². The molecule has 104 valence electrons. The third-order valence-corrected chi connectivity index (χ3v) is 3.60. The summed E-state index contributed by atoms with van der Waals surface area (Å²) in [5.41, 5.74) is 4.88. The van der Waals surface area contributed by atoms with Crippen LogP contribution in [0.25, 0.3) is 0 Å². The van der Waals surface area contributed by atoms with E-state index in [0.29, 0.717) is 21.3 Å². The standard InChI is InChI=1S/C12H12N4O3S/c1-6(17)8-5-7(3-4-9(8)13)20-12-14-10(18)11(19)15-16(12)2/h3-5H,13H2,1-2H3,(H,15,19). The Bertz CT molecular complexity index is 794. The maximum atomic E-state index is 11.4. The second-order valence-electron chi connectivity index (χ2n) is 4.11. The molecule has 0 fully saturated rings. The molecular formula is C12H12N4O3S. The Morgan fingerprint density at radius 3 is 2.75 bits per heavy atom. The highest BCUT2D eigenvalue weighted by Gasteiger charge is 2.10. The lowest BCUT2D eigenvalue weighted by Gasteiger charge is -2.08. The van der Waals surface area contributed by atoms with E-state index in [1.165, 1.54) is 11.6 Å². The Hall–Kier alpha value is -2.35. The van der Waals surface area contributed by atoms with Crippen LogP contribution < -0.4 is 16.9 Å². The van der Waals surface area contributed by atoms with E-state index >= 15 is 0 Å². The van der Waals surface area contributed by atoms with Gasteiger partial charge in [0, 0.05) is 23.2 Å². The Morgan fingerprint density at radius 2 is 2.10 bits per heavy atom. The SMILES string of the molecule is CC(=O)c1cc(Sc2nc(=O)c(=O)[nH]n2C)ccc1N. The highest BCUT2D eigenvalue weighted by Crippen LogP contribution is 2.27. The summed E-state index contributed by atoms with van der Waals surface area (Å²) in [7, 11) is 1.57. The quantitative estimate of drug-likeness (QED) is 0.481. The number of nitrogen functional groups attached to an aromatic ring is 1. The molecule has 3 N–H and O–H groups in total. The number of carbonyl (C=O) groups is 1. The summed E-state index contributed by atoms with van der Waals surface area (Å²) in [5, 5.41) is 2.66. The molecule has 0 aliphatic carbocycles. The number of Topliss-reactive ketones (excluding diaryl/α,β-unsaturated/α-hetero) is 1. The number of H-pyrrole nitrogens is 1. The van der Waals surface area contributed by atoms with Gasteiger partial charge < -0.3 is 5.73 Å². The van der Waals surface area contributed by atoms with Gasteiger partial charge in [-0.2, -0.15) is 4.98 Å². The average molecular weight is 292 g/mol. The van der Waals surface area contributed by atoms with Crippen LogP contribution in [0.1, 0.15) is 17.3 Å². The third-order valence-electron chi connectivity index (χ3n) is 2.56.